The van der Waals surface area contributed by atoms with Crippen LogP contribution in [0.3, 0.4) is 0 Å². The van der Waals surface area contributed by atoms with E-state index < -0.39 is 5.60 Å². The molecule has 0 aliphatic carbocycles. The van der Waals surface area contributed by atoms with Crippen LogP contribution in [0.5, 0.6) is 0 Å². The van der Waals surface area contributed by atoms with Crippen molar-refractivity contribution in [3.63, 3.8) is 0 Å². The molecule has 1 fully saturated rings. The fourth-order valence-corrected chi connectivity index (χ4v) is 2.61. The number of amides is 1. The van der Waals surface area contributed by atoms with Crippen molar-refractivity contribution in [1.29, 1.82) is 0 Å². The average Bonchev–Trinajstić information content (AvgIpc) is 2.36. The van der Waals surface area contributed by atoms with E-state index in [1.54, 1.807) is 4.90 Å². The average molecular weight is 293 g/mol. The van der Waals surface area contributed by atoms with E-state index in [1.165, 1.54) is 0 Å². The first kappa shape index (κ1) is 17.6. The maximum absolute atomic E-state index is 12.2. The fraction of sp³-hybridized carbons (Fsp3) is 0.765. The lowest BCUT2D eigenvalue weighted by Gasteiger charge is -2.36. The highest BCUT2D eigenvalue weighted by atomic mass is 16.6. The van der Waals surface area contributed by atoms with Crippen molar-refractivity contribution in [3.05, 3.63) is 0 Å². The number of hydrogen-bond donors (Lipinski definition) is 0. The van der Waals surface area contributed by atoms with Crippen molar-refractivity contribution < 1.29 is 14.3 Å². The van der Waals surface area contributed by atoms with Crippen molar-refractivity contribution in [1.82, 2.24) is 4.90 Å². The molecule has 118 valence electrons. The SMILES string of the molecule is C#CCCCC(=O)N1CC(C)CC(C(=O)OC(C)(C)C)C1. The first-order chi connectivity index (χ1) is 9.73. The second kappa shape index (κ2) is 7.49. The van der Waals surface area contributed by atoms with Crippen LogP contribution in [-0.4, -0.2) is 35.5 Å². The van der Waals surface area contributed by atoms with Gasteiger partial charge in [0.05, 0.1) is 5.92 Å². The molecule has 2 atom stereocenters. The molecule has 4 nitrogen and oxygen atoms in total. The van der Waals surface area contributed by atoms with Crippen LogP contribution in [0.2, 0.25) is 0 Å². The highest BCUT2D eigenvalue weighted by Crippen LogP contribution is 2.25. The smallest absolute Gasteiger partial charge is 0.311 e. The summed E-state index contributed by atoms with van der Waals surface area (Å²) in [7, 11) is 0. The standard InChI is InChI=1S/C17H27NO3/c1-6-7-8-9-15(19)18-11-13(2)10-14(12-18)16(20)21-17(3,4)5/h1,13-14H,7-12H2,2-5H3. The first-order valence-corrected chi connectivity index (χ1v) is 7.67. The van der Waals surface area contributed by atoms with E-state index in [0.717, 1.165) is 6.42 Å². The van der Waals surface area contributed by atoms with Gasteiger partial charge in [0.15, 0.2) is 0 Å². The number of carbonyl (C=O) groups excluding carboxylic acids is 2. The van der Waals surface area contributed by atoms with Gasteiger partial charge in [0.1, 0.15) is 5.60 Å². The van der Waals surface area contributed by atoms with Gasteiger partial charge in [-0.1, -0.05) is 6.92 Å². The molecular weight excluding hydrogens is 266 g/mol. The minimum absolute atomic E-state index is 0.0883. The molecule has 0 aromatic heterocycles. The van der Waals surface area contributed by atoms with E-state index >= 15 is 0 Å². The molecule has 0 N–H and O–H groups in total. The van der Waals surface area contributed by atoms with Crippen molar-refractivity contribution >= 4 is 11.9 Å². The molecule has 1 rings (SSSR count). The molecule has 1 saturated heterocycles. The Bertz CT molecular complexity index is 417. The number of likely N-dealkylation sites (tertiary alicyclic amines) is 1. The van der Waals surface area contributed by atoms with Crippen LogP contribution in [0.15, 0.2) is 0 Å². The number of unbranched alkanes of at least 4 members (excludes halogenated alkanes) is 1. The number of terminal acetylenes is 1. The van der Waals surface area contributed by atoms with Gasteiger partial charge in [-0.2, -0.15) is 0 Å². The topological polar surface area (TPSA) is 46.6 Å². The molecule has 1 aliphatic heterocycles. The number of carbonyl (C=O) groups is 2. The first-order valence-electron chi connectivity index (χ1n) is 7.67. The largest absolute Gasteiger partial charge is 0.460 e. The lowest BCUT2D eigenvalue weighted by Crippen LogP contribution is -2.46. The summed E-state index contributed by atoms with van der Waals surface area (Å²) in [6.45, 7) is 8.83. The van der Waals surface area contributed by atoms with Crippen molar-refractivity contribution in [2.24, 2.45) is 11.8 Å². The van der Waals surface area contributed by atoms with Crippen LogP contribution in [-0.2, 0) is 14.3 Å². The van der Waals surface area contributed by atoms with E-state index in [0.29, 0.717) is 38.3 Å². The Labute approximate surface area is 128 Å². The number of piperidine rings is 1. The van der Waals surface area contributed by atoms with Gasteiger partial charge < -0.3 is 9.64 Å². The monoisotopic (exact) mass is 293 g/mol. The number of ether oxygens (including phenoxy) is 1. The Morgan fingerprint density at radius 1 is 1.33 bits per heavy atom. The number of hydrogen-bond acceptors (Lipinski definition) is 3. The van der Waals surface area contributed by atoms with E-state index in [4.69, 9.17) is 11.2 Å². The van der Waals surface area contributed by atoms with Crippen molar-refractivity contribution in [3.8, 4) is 12.3 Å². The zero-order chi connectivity index (χ0) is 16.0. The molecule has 21 heavy (non-hydrogen) atoms. The molecule has 4 heteroatoms. The molecule has 0 bridgehead atoms. The zero-order valence-electron chi connectivity index (χ0n) is 13.6. The van der Waals surface area contributed by atoms with Gasteiger partial charge in [0, 0.05) is 25.9 Å². The van der Waals surface area contributed by atoms with Gasteiger partial charge in [0.25, 0.3) is 0 Å². The van der Waals surface area contributed by atoms with Crippen LogP contribution in [0.25, 0.3) is 0 Å². The third-order valence-electron chi connectivity index (χ3n) is 3.46. The van der Waals surface area contributed by atoms with Gasteiger partial charge in [-0.25, -0.2) is 0 Å². The Balaban J connectivity index is 2.59. The summed E-state index contributed by atoms with van der Waals surface area (Å²) in [4.78, 5) is 26.2. The quantitative estimate of drug-likeness (QED) is 0.455. The molecule has 1 amide bonds. The molecule has 0 saturated carbocycles. The van der Waals surface area contributed by atoms with E-state index in [1.807, 2.05) is 20.8 Å². The maximum atomic E-state index is 12.2. The predicted octanol–water partition coefficient (Wildman–Crippen LogP) is 2.62. The molecule has 2 unspecified atom stereocenters. The molecule has 1 heterocycles. The molecule has 0 radical (unpaired) electrons. The maximum Gasteiger partial charge on any atom is 0.311 e. The highest BCUT2D eigenvalue weighted by molar-refractivity contribution is 5.78. The summed E-state index contributed by atoms with van der Waals surface area (Å²) >= 11 is 0. The number of nitrogens with zero attached hydrogens (tertiary/aromatic N) is 1. The number of rotatable bonds is 4. The second-order valence-corrected chi connectivity index (χ2v) is 6.93. The Kier molecular flexibility index (Phi) is 6.26. The normalized spacial score (nSPS) is 22.5. The van der Waals surface area contributed by atoms with Crippen molar-refractivity contribution in [2.45, 2.75) is 59.0 Å². The number of esters is 1. The van der Waals surface area contributed by atoms with E-state index in [9.17, 15) is 9.59 Å². The molecule has 0 aromatic carbocycles. The summed E-state index contributed by atoms with van der Waals surface area (Å²) in [5.74, 6) is 2.53. The van der Waals surface area contributed by atoms with E-state index in [-0.39, 0.29) is 17.8 Å². The summed E-state index contributed by atoms with van der Waals surface area (Å²) in [6.07, 6.45) is 7.76. The minimum Gasteiger partial charge on any atom is -0.460 e. The van der Waals surface area contributed by atoms with Crippen LogP contribution in [0.1, 0.15) is 53.4 Å². The summed E-state index contributed by atoms with van der Waals surface area (Å²) in [6, 6.07) is 0. The van der Waals surface area contributed by atoms with Gasteiger partial charge in [0.2, 0.25) is 5.91 Å². The summed E-state index contributed by atoms with van der Waals surface area (Å²) in [5, 5.41) is 0. The minimum atomic E-state index is -0.487. The molecule has 1 aliphatic rings. The zero-order valence-corrected chi connectivity index (χ0v) is 13.6. The Hall–Kier alpha value is -1.50. The molecule has 0 spiro atoms. The van der Waals surface area contributed by atoms with Gasteiger partial charge in [-0.05, 0) is 39.5 Å². The predicted molar refractivity (Wildman–Crippen MR) is 82.4 cm³/mol. The molecular formula is C17H27NO3. The Morgan fingerprint density at radius 3 is 2.57 bits per heavy atom. The van der Waals surface area contributed by atoms with Gasteiger partial charge in [-0.15, -0.1) is 12.3 Å². The van der Waals surface area contributed by atoms with Crippen LogP contribution in [0, 0.1) is 24.2 Å². The van der Waals surface area contributed by atoms with Crippen molar-refractivity contribution in [2.75, 3.05) is 13.1 Å². The lowest BCUT2D eigenvalue weighted by molar-refractivity contribution is -0.163. The fourth-order valence-electron chi connectivity index (χ4n) is 2.61. The third-order valence-corrected chi connectivity index (χ3v) is 3.46. The second-order valence-electron chi connectivity index (χ2n) is 6.93. The lowest BCUT2D eigenvalue weighted by atomic mass is 9.90. The highest BCUT2D eigenvalue weighted by Gasteiger charge is 2.34. The van der Waals surface area contributed by atoms with E-state index in [2.05, 4.69) is 12.8 Å². The third kappa shape index (κ3) is 6.20. The van der Waals surface area contributed by atoms with Gasteiger partial charge in [-0.3, -0.25) is 9.59 Å². The van der Waals surface area contributed by atoms with Gasteiger partial charge >= 0.3 is 5.97 Å². The Morgan fingerprint density at radius 2 is 2.00 bits per heavy atom. The molecule has 0 aromatic rings. The summed E-state index contributed by atoms with van der Waals surface area (Å²) in [5.41, 5.74) is -0.487. The van der Waals surface area contributed by atoms with Crippen LogP contribution >= 0.6 is 0 Å². The van der Waals surface area contributed by atoms with Crippen LogP contribution < -0.4 is 0 Å². The summed E-state index contributed by atoms with van der Waals surface area (Å²) < 4.78 is 5.45. The van der Waals surface area contributed by atoms with Crippen LogP contribution in [0.4, 0.5) is 0 Å².